The molecule has 1 rings (SSSR count). The number of rotatable bonds is 4. The van der Waals surface area contributed by atoms with Crippen molar-refractivity contribution < 1.29 is 4.74 Å². The average molecular weight is 226 g/mol. The van der Waals surface area contributed by atoms with Crippen LogP contribution < -0.4 is 10.5 Å². The van der Waals surface area contributed by atoms with Gasteiger partial charge in [-0.05, 0) is 32.0 Å². The largest absolute Gasteiger partial charge is 0.492 e. The molecule has 0 aliphatic heterocycles. The van der Waals surface area contributed by atoms with E-state index in [9.17, 15) is 0 Å². The highest BCUT2D eigenvalue weighted by molar-refractivity contribution is 6.30. The second kappa shape index (κ2) is 5.79. The van der Waals surface area contributed by atoms with Crippen molar-refractivity contribution in [2.45, 2.75) is 19.9 Å². The van der Waals surface area contributed by atoms with Crippen molar-refractivity contribution in [3.05, 3.63) is 40.9 Å². The summed E-state index contributed by atoms with van der Waals surface area (Å²) in [7, 11) is 0. The minimum Gasteiger partial charge on any atom is -0.492 e. The van der Waals surface area contributed by atoms with Gasteiger partial charge in [0.2, 0.25) is 0 Å². The Kier molecular flexibility index (Phi) is 4.66. The normalized spacial score (nSPS) is 12.0. The zero-order valence-corrected chi connectivity index (χ0v) is 9.79. The molecule has 0 aromatic heterocycles. The topological polar surface area (TPSA) is 35.2 Å². The Hall–Kier alpha value is -0.990. The summed E-state index contributed by atoms with van der Waals surface area (Å²) in [5, 5.41) is 0.670. The smallest absolute Gasteiger partial charge is 0.120 e. The van der Waals surface area contributed by atoms with Crippen molar-refractivity contribution in [2.75, 3.05) is 6.61 Å². The number of allylic oxidation sites excluding steroid dienone is 1. The number of hydrogen-bond donors (Lipinski definition) is 1. The molecular formula is C12H16ClNO. The van der Waals surface area contributed by atoms with Crippen LogP contribution >= 0.6 is 11.6 Å². The maximum absolute atomic E-state index is 5.83. The van der Waals surface area contributed by atoms with Crippen LogP contribution in [0.4, 0.5) is 0 Å². The van der Waals surface area contributed by atoms with Gasteiger partial charge in [0.05, 0.1) is 6.04 Å². The molecule has 2 N–H and O–H groups in total. The van der Waals surface area contributed by atoms with Crippen molar-refractivity contribution in [2.24, 2.45) is 5.73 Å². The molecule has 0 spiro atoms. The third-order valence-electron chi connectivity index (χ3n) is 1.79. The first-order chi connectivity index (χ1) is 7.08. The fourth-order valence-corrected chi connectivity index (χ4v) is 1.41. The molecule has 0 saturated carbocycles. The summed E-state index contributed by atoms with van der Waals surface area (Å²) in [5.41, 5.74) is 7.02. The lowest BCUT2D eigenvalue weighted by molar-refractivity contribution is 0.306. The van der Waals surface area contributed by atoms with Gasteiger partial charge in [-0.15, -0.1) is 0 Å². The molecule has 15 heavy (non-hydrogen) atoms. The van der Waals surface area contributed by atoms with Gasteiger partial charge in [0.15, 0.2) is 0 Å². The Labute approximate surface area is 95.7 Å². The Morgan fingerprint density at radius 2 is 2.27 bits per heavy atom. The second-order valence-corrected chi connectivity index (χ2v) is 4.11. The van der Waals surface area contributed by atoms with Gasteiger partial charge in [-0.1, -0.05) is 29.3 Å². The Balaban J connectivity index is 2.47. The van der Waals surface area contributed by atoms with E-state index in [-0.39, 0.29) is 6.04 Å². The molecule has 1 aromatic rings. The fourth-order valence-electron chi connectivity index (χ4n) is 1.23. The van der Waals surface area contributed by atoms with E-state index in [1.165, 1.54) is 5.57 Å². The minimum atomic E-state index is -0.0750. The van der Waals surface area contributed by atoms with Crippen LogP contribution in [-0.4, -0.2) is 12.6 Å². The van der Waals surface area contributed by atoms with E-state index in [2.05, 4.69) is 0 Å². The standard InChI is InChI=1S/C12H16ClNO/c1-9(2)6-11(14)8-15-12-5-3-4-10(13)7-12/h3-7,11H,8,14H2,1-2H3. The molecule has 0 bridgehead atoms. The molecule has 0 amide bonds. The quantitative estimate of drug-likeness (QED) is 0.800. The van der Waals surface area contributed by atoms with Crippen molar-refractivity contribution in [3.8, 4) is 5.75 Å². The van der Waals surface area contributed by atoms with Crippen LogP contribution in [0.25, 0.3) is 0 Å². The summed E-state index contributed by atoms with van der Waals surface area (Å²) in [6.07, 6.45) is 1.98. The minimum absolute atomic E-state index is 0.0750. The van der Waals surface area contributed by atoms with E-state index in [0.29, 0.717) is 11.6 Å². The lowest BCUT2D eigenvalue weighted by Crippen LogP contribution is -2.25. The molecular weight excluding hydrogens is 210 g/mol. The third kappa shape index (κ3) is 4.86. The number of halogens is 1. The monoisotopic (exact) mass is 225 g/mol. The van der Waals surface area contributed by atoms with Gasteiger partial charge in [-0.25, -0.2) is 0 Å². The summed E-state index contributed by atoms with van der Waals surface area (Å²) in [6.45, 7) is 4.49. The third-order valence-corrected chi connectivity index (χ3v) is 2.02. The zero-order valence-electron chi connectivity index (χ0n) is 9.03. The molecule has 1 aromatic carbocycles. The molecule has 0 saturated heterocycles. The van der Waals surface area contributed by atoms with Gasteiger partial charge in [0.25, 0.3) is 0 Å². The maximum Gasteiger partial charge on any atom is 0.120 e. The van der Waals surface area contributed by atoms with Crippen molar-refractivity contribution in [3.63, 3.8) is 0 Å². The number of benzene rings is 1. The molecule has 0 heterocycles. The van der Waals surface area contributed by atoms with Gasteiger partial charge >= 0.3 is 0 Å². The fraction of sp³-hybridized carbons (Fsp3) is 0.333. The first-order valence-corrected chi connectivity index (χ1v) is 5.24. The van der Waals surface area contributed by atoms with E-state index in [0.717, 1.165) is 5.75 Å². The van der Waals surface area contributed by atoms with E-state index < -0.39 is 0 Å². The second-order valence-electron chi connectivity index (χ2n) is 3.68. The summed E-state index contributed by atoms with van der Waals surface area (Å²) in [5.74, 6) is 0.750. The zero-order chi connectivity index (χ0) is 11.3. The van der Waals surface area contributed by atoms with Crippen molar-refractivity contribution >= 4 is 11.6 Å². The highest BCUT2D eigenvalue weighted by Crippen LogP contribution is 2.17. The lowest BCUT2D eigenvalue weighted by atomic mass is 10.2. The van der Waals surface area contributed by atoms with Crippen LogP contribution in [0.3, 0.4) is 0 Å². The van der Waals surface area contributed by atoms with Crippen molar-refractivity contribution in [1.82, 2.24) is 0 Å². The summed E-state index contributed by atoms with van der Waals surface area (Å²) < 4.78 is 5.50. The van der Waals surface area contributed by atoms with Gasteiger partial charge in [0.1, 0.15) is 12.4 Å². The van der Waals surface area contributed by atoms with E-state index in [1.54, 1.807) is 6.07 Å². The molecule has 3 heteroatoms. The Bertz CT molecular complexity index is 345. The molecule has 0 aliphatic carbocycles. The van der Waals surface area contributed by atoms with Crippen molar-refractivity contribution in [1.29, 1.82) is 0 Å². The van der Waals surface area contributed by atoms with Gasteiger partial charge in [0, 0.05) is 5.02 Å². The van der Waals surface area contributed by atoms with E-state index in [4.69, 9.17) is 22.1 Å². The van der Waals surface area contributed by atoms with Crippen LogP contribution in [0.5, 0.6) is 5.75 Å². The SMILES string of the molecule is CC(C)=CC(N)COc1cccc(Cl)c1. The molecule has 82 valence electrons. The predicted octanol–water partition coefficient (Wildman–Crippen LogP) is 3.01. The lowest BCUT2D eigenvalue weighted by Gasteiger charge is -2.10. The van der Waals surface area contributed by atoms with E-state index in [1.807, 2.05) is 38.1 Å². The Morgan fingerprint density at radius 1 is 1.53 bits per heavy atom. The van der Waals surface area contributed by atoms with Gasteiger partial charge in [-0.2, -0.15) is 0 Å². The van der Waals surface area contributed by atoms with Crippen LogP contribution in [0, 0.1) is 0 Å². The summed E-state index contributed by atoms with van der Waals surface area (Å²) >= 11 is 5.82. The average Bonchev–Trinajstić information content (AvgIpc) is 2.14. The first-order valence-electron chi connectivity index (χ1n) is 4.87. The number of hydrogen-bond acceptors (Lipinski definition) is 2. The van der Waals surface area contributed by atoms with Gasteiger partial charge < -0.3 is 10.5 Å². The molecule has 1 atom stereocenters. The summed E-state index contributed by atoms with van der Waals surface area (Å²) in [4.78, 5) is 0. The van der Waals surface area contributed by atoms with Crippen LogP contribution in [0.15, 0.2) is 35.9 Å². The molecule has 0 fully saturated rings. The predicted molar refractivity (Wildman–Crippen MR) is 64.4 cm³/mol. The highest BCUT2D eigenvalue weighted by atomic mass is 35.5. The van der Waals surface area contributed by atoms with Crippen LogP contribution in [-0.2, 0) is 0 Å². The van der Waals surface area contributed by atoms with Gasteiger partial charge in [-0.3, -0.25) is 0 Å². The maximum atomic E-state index is 5.83. The van der Waals surface area contributed by atoms with Crippen LogP contribution in [0.1, 0.15) is 13.8 Å². The molecule has 2 nitrogen and oxygen atoms in total. The highest BCUT2D eigenvalue weighted by Gasteiger charge is 2.00. The van der Waals surface area contributed by atoms with Crippen LogP contribution in [0.2, 0.25) is 5.02 Å². The molecule has 0 aliphatic rings. The first kappa shape index (κ1) is 12.1. The number of nitrogens with two attached hydrogens (primary N) is 1. The summed E-state index contributed by atoms with van der Waals surface area (Å²) in [6, 6.07) is 7.22. The molecule has 1 unspecified atom stereocenters. The Morgan fingerprint density at radius 3 is 2.87 bits per heavy atom. The molecule has 0 radical (unpaired) electrons. The number of ether oxygens (including phenoxy) is 1. The van der Waals surface area contributed by atoms with E-state index >= 15 is 0 Å².